The van der Waals surface area contributed by atoms with E-state index in [1.54, 1.807) is 27.7 Å². The van der Waals surface area contributed by atoms with Crippen molar-refractivity contribution in [1.29, 1.82) is 0 Å². The van der Waals surface area contributed by atoms with Gasteiger partial charge < -0.3 is 55.2 Å². The first-order valence-corrected chi connectivity index (χ1v) is 27.0. The Morgan fingerprint density at radius 3 is 2.09 bits per heavy atom. The Morgan fingerprint density at radius 1 is 0.816 bits per heavy atom. The number of nitrogens with zero attached hydrogens (tertiary/aromatic N) is 4. The molecule has 11 atom stereocenters. The summed E-state index contributed by atoms with van der Waals surface area (Å²) in [5.74, 6) is -8.14. The van der Waals surface area contributed by atoms with Crippen LogP contribution in [0.2, 0.25) is 0 Å². The molecule has 0 radical (unpaired) electrons. The minimum absolute atomic E-state index is 0.0695. The van der Waals surface area contributed by atoms with Gasteiger partial charge in [0, 0.05) is 33.6 Å². The number of rotatable bonds is 13. The van der Waals surface area contributed by atoms with E-state index in [-0.39, 0.29) is 50.6 Å². The summed E-state index contributed by atoms with van der Waals surface area (Å²) in [7, 11) is 2.86. The summed E-state index contributed by atoms with van der Waals surface area (Å²) in [6, 6.07) is 4.58. The molecule has 2 aromatic carbocycles. The molecule has 3 aliphatic rings. The van der Waals surface area contributed by atoms with Gasteiger partial charge in [-0.05, 0) is 92.4 Å². The van der Waals surface area contributed by atoms with Crippen molar-refractivity contribution in [1.82, 2.24) is 35.6 Å². The zero-order valence-electron chi connectivity index (χ0n) is 46.4. The van der Waals surface area contributed by atoms with Crippen LogP contribution in [0.4, 0.5) is 0 Å². The maximum absolute atomic E-state index is 15.0. The van der Waals surface area contributed by atoms with Crippen LogP contribution in [0.1, 0.15) is 120 Å². The van der Waals surface area contributed by atoms with Crippen molar-refractivity contribution in [2.24, 2.45) is 23.7 Å². The lowest BCUT2D eigenvalue weighted by Crippen LogP contribution is -2.62. The molecule has 3 saturated heterocycles. The summed E-state index contributed by atoms with van der Waals surface area (Å²) in [5, 5.41) is 31.9. The maximum atomic E-state index is 15.0. The Balaban J connectivity index is 1.61. The van der Waals surface area contributed by atoms with Gasteiger partial charge in [-0.2, -0.15) is 0 Å². The van der Waals surface area contributed by atoms with Crippen LogP contribution in [0.25, 0.3) is 10.8 Å². The fourth-order valence-corrected chi connectivity index (χ4v) is 10.5. The van der Waals surface area contributed by atoms with E-state index in [4.69, 9.17) is 9.47 Å². The number of carbonyl (C=O) groups excluding carboxylic acids is 9. The SMILES string of the molecule is CC(C)C[C@@H]1NC(=O)[C@H](C(C)C)OC(=O)C[C@H](O)[C@@H](C(C)C)NC(=O)[C@@H](NC(=O)[C@@H](CC(C)C)N(C)C(=O)[C@@H]2CCCN2C(=O)[C@H](C)O)[C@@H](C)OC(=O)[C@H](Cc2ccc3ccccc3c2)N(C)C(=O)[C@@H]2CCCN2C1=O. The van der Waals surface area contributed by atoms with E-state index < -0.39 is 138 Å². The van der Waals surface area contributed by atoms with Crippen LogP contribution in [-0.2, 0) is 59.0 Å². The Morgan fingerprint density at radius 2 is 1.47 bits per heavy atom. The number of amides is 7. The Hall–Kier alpha value is -6.15. The van der Waals surface area contributed by atoms with Crippen molar-refractivity contribution in [2.75, 3.05) is 27.2 Å². The predicted molar refractivity (Wildman–Crippen MR) is 282 cm³/mol. The predicted octanol–water partition coefficient (Wildman–Crippen LogP) is 2.87. The molecule has 20 nitrogen and oxygen atoms in total. The normalized spacial score (nSPS) is 26.7. The molecule has 3 fully saturated rings. The van der Waals surface area contributed by atoms with Crippen LogP contribution in [0.3, 0.4) is 0 Å². The van der Waals surface area contributed by atoms with Crippen LogP contribution in [0.5, 0.6) is 0 Å². The van der Waals surface area contributed by atoms with Gasteiger partial charge in [0.2, 0.25) is 29.5 Å². The number of aliphatic hydroxyl groups excluding tert-OH is 2. The number of fused-ring (bicyclic) bond motifs is 2. The van der Waals surface area contributed by atoms with Gasteiger partial charge in [0.25, 0.3) is 11.8 Å². The van der Waals surface area contributed by atoms with Crippen LogP contribution in [-0.4, -0.2) is 177 Å². The number of cyclic esters (lactones) is 2. The topological polar surface area (TPSA) is 262 Å². The smallest absolute Gasteiger partial charge is 0.329 e. The quantitative estimate of drug-likeness (QED) is 0.181. The summed E-state index contributed by atoms with van der Waals surface area (Å²) >= 11 is 0. The van der Waals surface area contributed by atoms with Crippen LogP contribution in [0, 0.1) is 23.7 Å². The Bertz CT molecular complexity index is 2430. The third-order valence-corrected chi connectivity index (χ3v) is 14.8. The summed E-state index contributed by atoms with van der Waals surface area (Å²) in [6.45, 7) is 17.2. The monoisotopic (exact) mass is 1060 g/mol. The minimum atomic E-state index is -1.72. The molecule has 2 aromatic rings. The number of hydrogen-bond donors (Lipinski definition) is 5. The average Bonchev–Trinajstić information content (AvgIpc) is 4.06. The van der Waals surface area contributed by atoms with E-state index in [2.05, 4.69) is 16.0 Å². The van der Waals surface area contributed by atoms with Gasteiger partial charge >= 0.3 is 11.9 Å². The van der Waals surface area contributed by atoms with Gasteiger partial charge in [-0.25, -0.2) is 4.79 Å². The van der Waals surface area contributed by atoms with Crippen LogP contribution >= 0.6 is 0 Å². The van der Waals surface area contributed by atoms with E-state index in [1.165, 1.54) is 47.5 Å². The third kappa shape index (κ3) is 15.1. The number of carbonyl (C=O) groups is 9. The minimum Gasteiger partial charge on any atom is -0.458 e. The molecule has 0 aromatic heterocycles. The fourth-order valence-electron chi connectivity index (χ4n) is 10.5. The molecule has 3 heterocycles. The lowest BCUT2D eigenvalue weighted by Gasteiger charge is -2.36. The van der Waals surface area contributed by atoms with E-state index in [0.29, 0.717) is 24.8 Å². The Kier molecular flexibility index (Phi) is 21.4. The number of benzene rings is 2. The van der Waals surface area contributed by atoms with Gasteiger partial charge in [-0.15, -0.1) is 0 Å². The molecule has 0 saturated carbocycles. The maximum Gasteiger partial charge on any atom is 0.329 e. The summed E-state index contributed by atoms with van der Waals surface area (Å²) in [4.78, 5) is 134. The second-order valence-corrected chi connectivity index (χ2v) is 22.5. The zero-order valence-corrected chi connectivity index (χ0v) is 46.4. The van der Waals surface area contributed by atoms with Gasteiger partial charge in [-0.3, -0.25) is 38.4 Å². The standard InChI is InChI=1S/C56H83N7O13/c1-30(2)25-39-53(71)63-24-16-20-41(63)55(73)61(12)43(28-36-21-22-37-17-13-14-18-38(37)27-36)56(74)75-35(10)47(50(68)58-46(32(5)6)44(65)29-45(66)76-48(33(7)8)51(69)57-39)59-49(67)42(26-31(3)4)60(11)54(72)40-19-15-23-62(40)52(70)34(9)64/h13-14,17-18,21-22,27,30-35,39-44,46-48,64-65H,15-16,19-20,23-26,28-29H2,1-12H3,(H,57,69)(H,58,68)(H,59,67)/t34-,35+,39-,40-,41-,42+,43-,44-,46+,47-,48-/m0/s1. The second-order valence-electron chi connectivity index (χ2n) is 22.5. The lowest BCUT2D eigenvalue weighted by molar-refractivity contribution is -0.162. The summed E-state index contributed by atoms with van der Waals surface area (Å²) < 4.78 is 11.9. The largest absolute Gasteiger partial charge is 0.458 e. The van der Waals surface area contributed by atoms with Crippen molar-refractivity contribution in [3.8, 4) is 0 Å². The molecule has 7 amide bonds. The van der Waals surface area contributed by atoms with Gasteiger partial charge in [0.15, 0.2) is 6.10 Å². The molecule has 20 heteroatoms. The van der Waals surface area contributed by atoms with Gasteiger partial charge in [0.05, 0.1) is 18.6 Å². The number of ether oxygens (including phenoxy) is 2. The lowest BCUT2D eigenvalue weighted by atomic mass is 9.95. The number of likely N-dealkylation sites (N-methyl/N-ethyl adjacent to an activating group) is 2. The summed E-state index contributed by atoms with van der Waals surface area (Å²) in [5.41, 5.74) is 0.658. The van der Waals surface area contributed by atoms with Crippen molar-refractivity contribution >= 4 is 64.1 Å². The average molecular weight is 1060 g/mol. The number of esters is 2. The molecule has 3 aliphatic heterocycles. The van der Waals surface area contributed by atoms with E-state index >= 15 is 0 Å². The number of aliphatic hydroxyl groups is 2. The number of nitrogens with one attached hydrogen (secondary N) is 3. The molecule has 76 heavy (non-hydrogen) atoms. The second kappa shape index (κ2) is 26.8. The number of hydrogen-bond acceptors (Lipinski definition) is 13. The molecule has 0 spiro atoms. The first-order valence-electron chi connectivity index (χ1n) is 27.0. The molecule has 0 aliphatic carbocycles. The molecule has 5 rings (SSSR count). The highest BCUT2D eigenvalue weighted by atomic mass is 16.6. The van der Waals surface area contributed by atoms with Crippen LogP contribution < -0.4 is 16.0 Å². The van der Waals surface area contributed by atoms with Crippen molar-refractivity contribution in [2.45, 2.75) is 187 Å². The third-order valence-electron chi connectivity index (χ3n) is 14.8. The van der Waals surface area contributed by atoms with E-state index in [1.807, 2.05) is 70.2 Å². The van der Waals surface area contributed by atoms with E-state index in [0.717, 1.165) is 10.8 Å². The first kappa shape index (κ1) is 60.7. The number of likely N-dealkylation sites (tertiary alicyclic amines) is 1. The molecule has 0 bridgehead atoms. The first-order chi connectivity index (χ1) is 35.7. The molecular weight excluding hydrogens is 979 g/mol. The highest BCUT2D eigenvalue weighted by Crippen LogP contribution is 2.27. The van der Waals surface area contributed by atoms with Gasteiger partial charge in [0.1, 0.15) is 48.5 Å². The molecule has 5 N–H and O–H groups in total. The molecular formula is C56H83N7O13. The van der Waals surface area contributed by atoms with Gasteiger partial charge in [-0.1, -0.05) is 97.9 Å². The van der Waals surface area contributed by atoms with Crippen molar-refractivity contribution in [3.05, 3.63) is 48.0 Å². The molecule has 0 unspecified atom stereocenters. The van der Waals surface area contributed by atoms with Crippen molar-refractivity contribution in [3.63, 3.8) is 0 Å². The Labute approximate surface area is 447 Å². The molecule has 420 valence electrons. The van der Waals surface area contributed by atoms with Crippen LogP contribution in [0.15, 0.2) is 42.5 Å². The van der Waals surface area contributed by atoms with Crippen molar-refractivity contribution < 1.29 is 62.8 Å². The fraction of sp³-hybridized carbons (Fsp3) is 0.661. The highest BCUT2D eigenvalue weighted by Gasteiger charge is 2.45. The van der Waals surface area contributed by atoms with E-state index in [9.17, 15) is 53.4 Å². The highest BCUT2D eigenvalue weighted by molar-refractivity contribution is 5.97. The summed E-state index contributed by atoms with van der Waals surface area (Å²) in [6.07, 6.45) is -4.88. The zero-order chi connectivity index (χ0) is 56.5.